The van der Waals surface area contributed by atoms with E-state index in [0.717, 1.165) is 32.4 Å². The summed E-state index contributed by atoms with van der Waals surface area (Å²) in [6.45, 7) is 15.3. The predicted octanol–water partition coefficient (Wildman–Crippen LogP) is 2.82. The lowest BCUT2D eigenvalue weighted by atomic mass is 9.96. The van der Waals surface area contributed by atoms with E-state index in [1.807, 2.05) is 6.92 Å². The van der Waals surface area contributed by atoms with Crippen LogP contribution in [0.25, 0.3) is 0 Å². The van der Waals surface area contributed by atoms with E-state index >= 15 is 0 Å². The Kier molecular flexibility index (Phi) is 7.14. The third kappa shape index (κ3) is 4.68. The lowest BCUT2D eigenvalue weighted by Gasteiger charge is -2.35. The topological polar surface area (TPSA) is 41.6 Å². The maximum Gasteiger partial charge on any atom is 0.326 e. The normalized spacial score (nSPS) is 26.0. The molecule has 124 valence electrons. The van der Waals surface area contributed by atoms with Crippen LogP contribution in [0.15, 0.2) is 0 Å². The highest BCUT2D eigenvalue weighted by Crippen LogP contribution is 2.35. The molecule has 0 bridgehead atoms. The molecule has 0 amide bonds. The Balaban J connectivity index is 2.83. The highest BCUT2D eigenvalue weighted by atomic mass is 16.5. The van der Waals surface area contributed by atoms with Crippen LogP contribution < -0.4 is 5.32 Å². The maximum absolute atomic E-state index is 12.4. The first-order valence-electron chi connectivity index (χ1n) is 8.54. The van der Waals surface area contributed by atoms with Gasteiger partial charge in [0.15, 0.2) is 0 Å². The highest BCUT2D eigenvalue weighted by molar-refractivity contribution is 5.81. The quantitative estimate of drug-likeness (QED) is 0.700. The Labute approximate surface area is 130 Å². The van der Waals surface area contributed by atoms with Crippen molar-refractivity contribution in [3.63, 3.8) is 0 Å². The van der Waals surface area contributed by atoms with Crippen molar-refractivity contribution < 1.29 is 9.53 Å². The number of rotatable bonds is 8. The average molecular weight is 298 g/mol. The molecule has 2 unspecified atom stereocenters. The first kappa shape index (κ1) is 18.4. The van der Waals surface area contributed by atoms with Gasteiger partial charge in [-0.05, 0) is 52.5 Å². The fourth-order valence-electron chi connectivity index (χ4n) is 3.53. The van der Waals surface area contributed by atoms with E-state index in [1.165, 1.54) is 0 Å². The molecule has 0 aromatic heterocycles. The van der Waals surface area contributed by atoms with Crippen LogP contribution in [0.5, 0.6) is 0 Å². The molecule has 1 saturated carbocycles. The number of ether oxygens (including phenoxy) is 1. The van der Waals surface area contributed by atoms with Gasteiger partial charge in [0.05, 0.1) is 6.61 Å². The average Bonchev–Trinajstić information content (AvgIpc) is 2.81. The molecule has 0 aromatic rings. The summed E-state index contributed by atoms with van der Waals surface area (Å²) in [6, 6.07) is 0.980. The first-order chi connectivity index (χ1) is 9.86. The molecule has 1 rings (SSSR count). The lowest BCUT2D eigenvalue weighted by Crippen LogP contribution is -2.52. The third-order valence-corrected chi connectivity index (χ3v) is 4.38. The van der Waals surface area contributed by atoms with Gasteiger partial charge in [0.2, 0.25) is 0 Å². The second-order valence-electron chi connectivity index (χ2n) is 6.91. The summed E-state index contributed by atoms with van der Waals surface area (Å²) in [6.07, 6.45) is 2.81. The molecule has 0 spiro atoms. The van der Waals surface area contributed by atoms with Crippen LogP contribution in [0.4, 0.5) is 0 Å². The molecule has 0 radical (unpaired) electrons. The van der Waals surface area contributed by atoms with Crippen molar-refractivity contribution in [2.75, 3.05) is 19.7 Å². The number of nitrogens with zero attached hydrogens (tertiary/aromatic N) is 1. The minimum atomic E-state index is -0.473. The third-order valence-electron chi connectivity index (χ3n) is 4.38. The molecule has 0 saturated heterocycles. The van der Waals surface area contributed by atoms with Gasteiger partial charge in [0, 0.05) is 18.6 Å². The molecule has 4 heteroatoms. The van der Waals surface area contributed by atoms with Crippen molar-refractivity contribution in [1.82, 2.24) is 10.2 Å². The van der Waals surface area contributed by atoms with E-state index in [-0.39, 0.29) is 5.97 Å². The Morgan fingerprint density at radius 3 is 2.48 bits per heavy atom. The van der Waals surface area contributed by atoms with Crippen molar-refractivity contribution >= 4 is 5.97 Å². The van der Waals surface area contributed by atoms with Crippen LogP contribution in [0.1, 0.15) is 60.8 Å². The maximum atomic E-state index is 12.4. The summed E-state index contributed by atoms with van der Waals surface area (Å²) < 4.78 is 5.33. The minimum absolute atomic E-state index is 0.0670. The molecule has 0 heterocycles. The van der Waals surface area contributed by atoms with Gasteiger partial charge in [-0.2, -0.15) is 0 Å². The zero-order valence-electron chi connectivity index (χ0n) is 14.7. The van der Waals surface area contributed by atoms with Crippen molar-refractivity contribution in [1.29, 1.82) is 0 Å². The van der Waals surface area contributed by atoms with Crippen molar-refractivity contribution in [2.24, 2.45) is 5.92 Å². The van der Waals surface area contributed by atoms with Crippen molar-refractivity contribution in [2.45, 2.75) is 78.4 Å². The SMILES string of the molecule is CCNC1(C(=O)OCC)CCC(N(CC(C)C)C(C)C)C1. The summed E-state index contributed by atoms with van der Waals surface area (Å²) in [4.78, 5) is 15.0. The van der Waals surface area contributed by atoms with Crippen LogP contribution in [0.3, 0.4) is 0 Å². The van der Waals surface area contributed by atoms with Gasteiger partial charge in [0.25, 0.3) is 0 Å². The number of likely N-dealkylation sites (N-methyl/N-ethyl adjacent to an activating group) is 1. The van der Waals surface area contributed by atoms with Gasteiger partial charge in [-0.15, -0.1) is 0 Å². The number of nitrogens with one attached hydrogen (secondary N) is 1. The summed E-state index contributed by atoms with van der Waals surface area (Å²) in [5.41, 5.74) is -0.473. The Morgan fingerprint density at radius 1 is 1.33 bits per heavy atom. The van der Waals surface area contributed by atoms with Crippen molar-refractivity contribution in [3.05, 3.63) is 0 Å². The standard InChI is InChI=1S/C17H34N2O2/c1-7-18-17(16(20)21-8-2)10-9-15(11-17)19(14(5)6)12-13(3)4/h13-15,18H,7-12H2,1-6H3. The summed E-state index contributed by atoms with van der Waals surface area (Å²) in [5, 5.41) is 3.42. The van der Waals surface area contributed by atoms with Crippen LogP contribution in [-0.2, 0) is 9.53 Å². The molecule has 2 atom stereocenters. The highest BCUT2D eigenvalue weighted by Gasteiger charge is 2.47. The smallest absolute Gasteiger partial charge is 0.326 e. The second kappa shape index (κ2) is 8.14. The van der Waals surface area contributed by atoms with Gasteiger partial charge < -0.3 is 10.1 Å². The van der Waals surface area contributed by atoms with Crippen LogP contribution in [-0.4, -0.2) is 48.2 Å². The molecule has 0 aliphatic heterocycles. The predicted molar refractivity (Wildman–Crippen MR) is 87.4 cm³/mol. The molecular formula is C17H34N2O2. The summed E-state index contributed by atoms with van der Waals surface area (Å²) in [5.74, 6) is 0.576. The minimum Gasteiger partial charge on any atom is -0.465 e. The van der Waals surface area contributed by atoms with Gasteiger partial charge in [-0.3, -0.25) is 9.69 Å². The van der Waals surface area contributed by atoms with E-state index in [9.17, 15) is 4.79 Å². The van der Waals surface area contributed by atoms with E-state index < -0.39 is 5.54 Å². The molecule has 1 fully saturated rings. The number of hydrogen-bond donors (Lipinski definition) is 1. The Hall–Kier alpha value is -0.610. The van der Waals surface area contributed by atoms with Crippen LogP contribution in [0.2, 0.25) is 0 Å². The molecule has 1 N–H and O–H groups in total. The Morgan fingerprint density at radius 2 is 2.00 bits per heavy atom. The first-order valence-corrected chi connectivity index (χ1v) is 8.54. The Bertz CT molecular complexity index is 331. The fourth-order valence-corrected chi connectivity index (χ4v) is 3.53. The molecule has 21 heavy (non-hydrogen) atoms. The summed E-state index contributed by atoms with van der Waals surface area (Å²) in [7, 11) is 0. The molecule has 4 nitrogen and oxygen atoms in total. The number of hydrogen-bond acceptors (Lipinski definition) is 4. The van der Waals surface area contributed by atoms with Crippen LogP contribution in [0, 0.1) is 5.92 Å². The van der Waals surface area contributed by atoms with E-state index in [1.54, 1.807) is 0 Å². The monoisotopic (exact) mass is 298 g/mol. The summed E-state index contributed by atoms with van der Waals surface area (Å²) >= 11 is 0. The van der Waals surface area contributed by atoms with Gasteiger partial charge in [0.1, 0.15) is 5.54 Å². The number of esters is 1. The van der Waals surface area contributed by atoms with E-state index in [4.69, 9.17) is 4.74 Å². The zero-order valence-corrected chi connectivity index (χ0v) is 14.7. The van der Waals surface area contributed by atoms with Gasteiger partial charge >= 0.3 is 5.97 Å². The molecule has 0 aromatic carbocycles. The largest absolute Gasteiger partial charge is 0.465 e. The van der Waals surface area contributed by atoms with E-state index in [0.29, 0.717) is 24.6 Å². The zero-order chi connectivity index (χ0) is 16.0. The molecule has 1 aliphatic carbocycles. The number of carbonyl (C=O) groups excluding carboxylic acids is 1. The lowest BCUT2D eigenvalue weighted by molar-refractivity contribution is -0.151. The van der Waals surface area contributed by atoms with E-state index in [2.05, 4.69) is 44.8 Å². The van der Waals surface area contributed by atoms with Crippen molar-refractivity contribution in [3.8, 4) is 0 Å². The molecular weight excluding hydrogens is 264 g/mol. The van der Waals surface area contributed by atoms with Gasteiger partial charge in [-0.25, -0.2) is 0 Å². The van der Waals surface area contributed by atoms with Gasteiger partial charge in [-0.1, -0.05) is 20.8 Å². The fraction of sp³-hybridized carbons (Fsp3) is 0.941. The van der Waals surface area contributed by atoms with Crippen LogP contribution >= 0.6 is 0 Å². The number of carbonyl (C=O) groups is 1. The second-order valence-corrected chi connectivity index (χ2v) is 6.91. The molecule has 1 aliphatic rings.